The van der Waals surface area contributed by atoms with Crippen molar-refractivity contribution in [2.24, 2.45) is 0 Å². The summed E-state index contributed by atoms with van der Waals surface area (Å²) in [5.41, 5.74) is 0.701. The van der Waals surface area contributed by atoms with E-state index in [0.29, 0.717) is 17.1 Å². The molecule has 1 atom stereocenters. The molecule has 0 spiro atoms. The lowest BCUT2D eigenvalue weighted by Crippen LogP contribution is -2.33. The first-order valence-corrected chi connectivity index (χ1v) is 10.8. The van der Waals surface area contributed by atoms with E-state index < -0.39 is 0 Å². The van der Waals surface area contributed by atoms with E-state index in [1.165, 1.54) is 34.9 Å². The van der Waals surface area contributed by atoms with Crippen LogP contribution in [0.2, 0.25) is 0 Å². The van der Waals surface area contributed by atoms with Crippen LogP contribution in [-0.4, -0.2) is 39.4 Å². The van der Waals surface area contributed by atoms with Crippen LogP contribution in [0.5, 0.6) is 0 Å². The molecule has 1 amide bonds. The molecule has 1 aromatic heterocycles. The van der Waals surface area contributed by atoms with Gasteiger partial charge in [0.2, 0.25) is 5.91 Å². The van der Waals surface area contributed by atoms with Crippen molar-refractivity contribution in [1.82, 2.24) is 15.5 Å². The summed E-state index contributed by atoms with van der Waals surface area (Å²) in [6.07, 6.45) is 2.03. The van der Waals surface area contributed by atoms with Crippen LogP contribution in [0, 0.1) is 0 Å². The van der Waals surface area contributed by atoms with Crippen molar-refractivity contribution in [3.8, 4) is 0 Å². The minimum atomic E-state index is 0.00890. The Kier molecular flexibility index (Phi) is 8.43. The standard InChI is InChI=1S/C17H21N3O2S3/c1-3-7-12(2)18-15(22)11-24-17-20-19-16(25-17)23-10-14(21)13-8-5-4-6-9-13/h4-6,8-9,12H,3,7,10-11H2,1-2H3,(H,18,22)/t12-/m1/s1. The van der Waals surface area contributed by atoms with Crippen molar-refractivity contribution < 1.29 is 9.59 Å². The molecule has 0 fully saturated rings. The molecule has 0 radical (unpaired) electrons. The Balaban J connectivity index is 1.74. The van der Waals surface area contributed by atoms with Crippen LogP contribution in [0.4, 0.5) is 0 Å². The number of amides is 1. The molecule has 5 nitrogen and oxygen atoms in total. The number of rotatable bonds is 10. The van der Waals surface area contributed by atoms with Gasteiger partial charge >= 0.3 is 0 Å². The average molecular weight is 396 g/mol. The van der Waals surface area contributed by atoms with Crippen molar-refractivity contribution in [1.29, 1.82) is 0 Å². The predicted molar refractivity (Wildman–Crippen MR) is 105 cm³/mol. The molecular formula is C17H21N3O2S3. The van der Waals surface area contributed by atoms with Gasteiger partial charge in [0.25, 0.3) is 0 Å². The largest absolute Gasteiger partial charge is 0.353 e. The van der Waals surface area contributed by atoms with Crippen LogP contribution < -0.4 is 5.32 Å². The normalized spacial score (nSPS) is 11.9. The van der Waals surface area contributed by atoms with E-state index in [9.17, 15) is 9.59 Å². The number of thioether (sulfide) groups is 2. The number of aromatic nitrogens is 2. The van der Waals surface area contributed by atoms with E-state index in [1.54, 1.807) is 0 Å². The monoisotopic (exact) mass is 395 g/mol. The SMILES string of the molecule is CCC[C@@H](C)NC(=O)CSc1nnc(SCC(=O)c2ccccc2)s1. The predicted octanol–water partition coefficient (Wildman–Crippen LogP) is 3.91. The molecule has 2 rings (SSSR count). The van der Waals surface area contributed by atoms with Crippen LogP contribution in [0.25, 0.3) is 0 Å². The summed E-state index contributed by atoms with van der Waals surface area (Å²) >= 11 is 4.16. The van der Waals surface area contributed by atoms with Crippen molar-refractivity contribution in [3.05, 3.63) is 35.9 Å². The van der Waals surface area contributed by atoms with Gasteiger partial charge in [0.1, 0.15) is 0 Å². The maximum absolute atomic E-state index is 12.1. The Labute approximate surface area is 160 Å². The van der Waals surface area contributed by atoms with E-state index in [-0.39, 0.29) is 17.7 Å². The summed E-state index contributed by atoms with van der Waals surface area (Å²) in [7, 11) is 0. The van der Waals surface area contributed by atoms with Gasteiger partial charge in [-0.3, -0.25) is 9.59 Å². The highest BCUT2D eigenvalue weighted by Gasteiger charge is 2.12. The maximum Gasteiger partial charge on any atom is 0.230 e. The van der Waals surface area contributed by atoms with Gasteiger partial charge in [0, 0.05) is 11.6 Å². The summed E-state index contributed by atoms with van der Waals surface area (Å²) in [5.74, 6) is 0.739. The fraction of sp³-hybridized carbons (Fsp3) is 0.412. The highest BCUT2D eigenvalue weighted by Crippen LogP contribution is 2.29. The summed E-state index contributed by atoms with van der Waals surface area (Å²) in [4.78, 5) is 23.9. The van der Waals surface area contributed by atoms with E-state index in [2.05, 4.69) is 22.4 Å². The second-order valence-electron chi connectivity index (χ2n) is 5.46. The van der Waals surface area contributed by atoms with Crippen LogP contribution in [0.3, 0.4) is 0 Å². The first kappa shape index (κ1) is 19.9. The summed E-state index contributed by atoms with van der Waals surface area (Å²) in [6.45, 7) is 4.11. The van der Waals surface area contributed by atoms with Crippen molar-refractivity contribution in [2.75, 3.05) is 11.5 Å². The Morgan fingerprint density at radius 1 is 1.12 bits per heavy atom. The molecule has 0 bridgehead atoms. The average Bonchev–Trinajstić information content (AvgIpc) is 3.07. The van der Waals surface area contributed by atoms with Crippen molar-refractivity contribution in [2.45, 2.75) is 41.4 Å². The number of hydrogen-bond donors (Lipinski definition) is 1. The van der Waals surface area contributed by atoms with Crippen LogP contribution in [-0.2, 0) is 4.79 Å². The first-order chi connectivity index (χ1) is 12.1. The fourth-order valence-electron chi connectivity index (χ4n) is 2.10. The molecule has 0 saturated carbocycles. The molecule has 25 heavy (non-hydrogen) atoms. The topological polar surface area (TPSA) is 72.0 Å². The third kappa shape index (κ3) is 7.17. The van der Waals surface area contributed by atoms with Crippen molar-refractivity contribution in [3.63, 3.8) is 0 Å². The summed E-state index contributed by atoms with van der Waals surface area (Å²) < 4.78 is 1.49. The third-order valence-corrected chi connectivity index (χ3v) is 6.46. The number of Topliss-reactive ketones (excluding diaryl/α,β-unsaturated/α-hetero) is 1. The Hall–Kier alpha value is -1.38. The molecule has 0 aliphatic carbocycles. The molecule has 0 saturated heterocycles. The maximum atomic E-state index is 12.1. The van der Waals surface area contributed by atoms with Crippen LogP contribution in [0.15, 0.2) is 39.0 Å². The quantitative estimate of drug-likeness (QED) is 0.486. The minimum absolute atomic E-state index is 0.00890. The molecule has 0 aliphatic rings. The van der Waals surface area contributed by atoms with E-state index in [4.69, 9.17) is 0 Å². The zero-order valence-corrected chi connectivity index (χ0v) is 16.7. The smallest absolute Gasteiger partial charge is 0.230 e. The highest BCUT2D eigenvalue weighted by atomic mass is 32.2. The Morgan fingerprint density at radius 3 is 2.40 bits per heavy atom. The first-order valence-electron chi connectivity index (χ1n) is 8.05. The Bertz CT molecular complexity index is 691. The lowest BCUT2D eigenvalue weighted by atomic mass is 10.2. The number of hydrogen-bond acceptors (Lipinski definition) is 7. The van der Waals surface area contributed by atoms with Gasteiger partial charge in [-0.25, -0.2) is 0 Å². The zero-order chi connectivity index (χ0) is 18.1. The van der Waals surface area contributed by atoms with Gasteiger partial charge in [0.15, 0.2) is 14.5 Å². The molecule has 1 N–H and O–H groups in total. The van der Waals surface area contributed by atoms with E-state index >= 15 is 0 Å². The highest BCUT2D eigenvalue weighted by molar-refractivity contribution is 8.03. The van der Waals surface area contributed by atoms with Crippen LogP contribution in [0.1, 0.15) is 37.0 Å². The Morgan fingerprint density at radius 2 is 1.76 bits per heavy atom. The van der Waals surface area contributed by atoms with Gasteiger partial charge in [-0.2, -0.15) is 0 Å². The number of nitrogens with zero attached hydrogens (tertiary/aromatic N) is 2. The molecular weight excluding hydrogens is 374 g/mol. The number of benzene rings is 1. The number of carbonyl (C=O) groups is 2. The van der Waals surface area contributed by atoms with Crippen LogP contribution >= 0.6 is 34.9 Å². The summed E-state index contributed by atoms with van der Waals surface area (Å²) in [6, 6.07) is 9.40. The number of nitrogens with one attached hydrogen (secondary N) is 1. The van der Waals surface area contributed by atoms with Gasteiger partial charge < -0.3 is 5.32 Å². The van der Waals surface area contributed by atoms with Gasteiger partial charge in [0.05, 0.1) is 11.5 Å². The molecule has 8 heteroatoms. The second kappa shape index (κ2) is 10.6. The van der Waals surface area contributed by atoms with E-state index in [0.717, 1.165) is 21.5 Å². The third-order valence-electron chi connectivity index (χ3n) is 3.27. The number of ketones is 1. The lowest BCUT2D eigenvalue weighted by Gasteiger charge is -2.11. The molecule has 0 aliphatic heterocycles. The lowest BCUT2D eigenvalue weighted by molar-refractivity contribution is -0.119. The molecule has 134 valence electrons. The van der Waals surface area contributed by atoms with Gasteiger partial charge in [-0.05, 0) is 13.3 Å². The van der Waals surface area contributed by atoms with E-state index in [1.807, 2.05) is 37.3 Å². The fourth-order valence-corrected chi connectivity index (χ4v) is 4.82. The van der Waals surface area contributed by atoms with Gasteiger partial charge in [-0.15, -0.1) is 10.2 Å². The van der Waals surface area contributed by atoms with Gasteiger partial charge in [-0.1, -0.05) is 78.5 Å². The minimum Gasteiger partial charge on any atom is -0.353 e. The molecule has 1 aromatic carbocycles. The summed E-state index contributed by atoms with van der Waals surface area (Å²) in [5, 5.41) is 11.1. The molecule has 2 aromatic rings. The number of carbonyl (C=O) groups excluding carboxylic acids is 2. The zero-order valence-electron chi connectivity index (χ0n) is 14.2. The van der Waals surface area contributed by atoms with Crippen molar-refractivity contribution >= 4 is 46.6 Å². The molecule has 1 heterocycles. The molecule has 0 unspecified atom stereocenters. The second-order valence-corrected chi connectivity index (χ2v) is 8.88.